The summed E-state index contributed by atoms with van der Waals surface area (Å²) < 4.78 is 4.98. The number of ether oxygens (including phenoxy) is 1. The van der Waals surface area contributed by atoms with Gasteiger partial charge >= 0.3 is 5.97 Å². The summed E-state index contributed by atoms with van der Waals surface area (Å²) in [5, 5.41) is 23.9. The van der Waals surface area contributed by atoms with Gasteiger partial charge in [0, 0.05) is 42.3 Å². The van der Waals surface area contributed by atoms with Gasteiger partial charge < -0.3 is 20.5 Å². The van der Waals surface area contributed by atoms with E-state index in [-0.39, 0.29) is 23.1 Å². The smallest absolute Gasteiger partial charge is 0.327 e. The average Bonchev–Trinajstić information content (AvgIpc) is 3.48. The van der Waals surface area contributed by atoms with Crippen molar-refractivity contribution in [3.05, 3.63) is 76.4 Å². The van der Waals surface area contributed by atoms with Gasteiger partial charge in [0.2, 0.25) is 5.91 Å². The number of hydrogen-bond acceptors (Lipinski definition) is 5. The number of anilines is 1. The van der Waals surface area contributed by atoms with Gasteiger partial charge in [-0.1, -0.05) is 18.2 Å². The van der Waals surface area contributed by atoms with Crippen LogP contribution in [0.15, 0.2) is 48.6 Å². The van der Waals surface area contributed by atoms with Gasteiger partial charge in [0.1, 0.15) is 0 Å². The molecule has 2 aliphatic rings. The first-order valence-electron chi connectivity index (χ1n) is 11.5. The van der Waals surface area contributed by atoms with Crippen LogP contribution in [0, 0.1) is 17.2 Å². The van der Waals surface area contributed by atoms with Crippen molar-refractivity contribution in [3.8, 4) is 6.07 Å². The van der Waals surface area contributed by atoms with E-state index in [0.717, 1.165) is 30.0 Å². The lowest BCUT2D eigenvalue weighted by molar-refractivity contribution is -0.131. The maximum Gasteiger partial charge on any atom is 0.327 e. The Hall–Kier alpha value is -3.96. The predicted octanol–water partition coefficient (Wildman–Crippen LogP) is 2.96. The molecule has 0 bridgehead atoms. The number of methoxy groups -OCH3 is 1. The molecule has 1 fully saturated rings. The van der Waals surface area contributed by atoms with Gasteiger partial charge in [0.05, 0.1) is 18.2 Å². The minimum atomic E-state index is -1.05. The van der Waals surface area contributed by atoms with Crippen LogP contribution in [0.3, 0.4) is 0 Å². The number of hydrogen-bond donors (Lipinski definition) is 3. The molecule has 0 saturated heterocycles. The first-order chi connectivity index (χ1) is 16.9. The molecule has 8 heteroatoms. The summed E-state index contributed by atoms with van der Waals surface area (Å²) >= 11 is 0. The van der Waals surface area contributed by atoms with Gasteiger partial charge in [-0.2, -0.15) is 5.26 Å². The van der Waals surface area contributed by atoms with Crippen molar-refractivity contribution >= 4 is 23.5 Å². The van der Waals surface area contributed by atoms with E-state index < -0.39 is 5.97 Å². The quantitative estimate of drug-likeness (QED) is 0.379. The van der Waals surface area contributed by atoms with Crippen LogP contribution in [0.1, 0.15) is 45.5 Å². The van der Waals surface area contributed by atoms with Crippen molar-refractivity contribution < 1.29 is 24.2 Å². The van der Waals surface area contributed by atoms with Crippen molar-refractivity contribution in [1.29, 1.82) is 5.26 Å². The highest BCUT2D eigenvalue weighted by atomic mass is 16.5. The highest BCUT2D eigenvalue weighted by molar-refractivity contribution is 5.98. The van der Waals surface area contributed by atoms with Crippen LogP contribution in [0.4, 0.5) is 5.69 Å². The number of fused-ring (bicyclic) bond motifs is 2. The minimum absolute atomic E-state index is 0.133. The molecule has 8 nitrogen and oxygen atoms in total. The lowest BCUT2D eigenvalue weighted by atomic mass is 9.93. The number of carboxylic acid groups (broad SMARTS) is 1. The number of amides is 2. The molecule has 0 aliphatic heterocycles. The molecule has 1 spiro atoms. The number of nitriles is 1. The predicted molar refractivity (Wildman–Crippen MR) is 129 cm³/mol. The van der Waals surface area contributed by atoms with Crippen molar-refractivity contribution in [2.75, 3.05) is 25.6 Å². The zero-order valence-electron chi connectivity index (χ0n) is 19.5. The number of rotatable bonds is 9. The summed E-state index contributed by atoms with van der Waals surface area (Å²) in [5.74, 6) is -1.58. The maximum atomic E-state index is 13.3. The molecule has 0 aromatic heterocycles. The Balaban J connectivity index is 1.51. The second kappa shape index (κ2) is 10.1. The molecule has 4 rings (SSSR count). The van der Waals surface area contributed by atoms with Gasteiger partial charge in [-0.3, -0.25) is 9.59 Å². The number of carbonyl (C=O) groups excluding carboxylic acids is 2. The molecule has 2 atom stereocenters. The highest BCUT2D eigenvalue weighted by Crippen LogP contribution is 2.61. The zero-order valence-corrected chi connectivity index (χ0v) is 19.5. The van der Waals surface area contributed by atoms with Gasteiger partial charge in [-0.25, -0.2) is 4.79 Å². The summed E-state index contributed by atoms with van der Waals surface area (Å²) in [7, 11) is 1.58. The Morgan fingerprint density at radius 1 is 1.26 bits per heavy atom. The Morgan fingerprint density at radius 2 is 2.09 bits per heavy atom. The molecular weight excluding hydrogens is 446 g/mol. The first-order valence-corrected chi connectivity index (χ1v) is 11.5. The number of aliphatic carboxylic acids is 1. The van der Waals surface area contributed by atoms with E-state index in [1.54, 1.807) is 25.3 Å². The van der Waals surface area contributed by atoms with Crippen LogP contribution in [-0.4, -0.2) is 43.2 Å². The topological polar surface area (TPSA) is 129 Å². The zero-order chi connectivity index (χ0) is 25.0. The lowest BCUT2D eigenvalue weighted by Gasteiger charge is -2.15. The van der Waals surface area contributed by atoms with Crippen molar-refractivity contribution in [2.24, 2.45) is 5.92 Å². The Kier molecular flexibility index (Phi) is 6.99. The summed E-state index contributed by atoms with van der Waals surface area (Å²) in [6.45, 7) is 0.859. The normalized spacial score (nSPS) is 19.8. The molecule has 2 aromatic rings. The monoisotopic (exact) mass is 473 g/mol. The lowest BCUT2D eigenvalue weighted by Crippen LogP contribution is -2.27. The van der Waals surface area contributed by atoms with Crippen LogP contribution < -0.4 is 10.6 Å². The molecule has 35 heavy (non-hydrogen) atoms. The van der Waals surface area contributed by atoms with E-state index in [2.05, 4.69) is 16.7 Å². The fraction of sp³-hybridized carbons (Fsp3) is 0.333. The third kappa shape index (κ3) is 5.10. The van der Waals surface area contributed by atoms with Crippen molar-refractivity contribution in [1.82, 2.24) is 5.32 Å². The Bertz CT molecular complexity index is 1250. The van der Waals surface area contributed by atoms with Crippen LogP contribution in [0.2, 0.25) is 0 Å². The van der Waals surface area contributed by atoms with Crippen LogP contribution in [-0.2, 0) is 32.6 Å². The summed E-state index contributed by atoms with van der Waals surface area (Å²) in [5.41, 5.74) is 4.17. The van der Waals surface area contributed by atoms with Gasteiger partial charge in [-0.15, -0.1) is 0 Å². The summed E-state index contributed by atoms with van der Waals surface area (Å²) in [4.78, 5) is 36.6. The van der Waals surface area contributed by atoms with E-state index in [9.17, 15) is 19.6 Å². The largest absolute Gasteiger partial charge is 0.478 e. The van der Waals surface area contributed by atoms with E-state index in [4.69, 9.17) is 9.84 Å². The van der Waals surface area contributed by atoms with Gasteiger partial charge in [0.15, 0.2) is 0 Å². The van der Waals surface area contributed by atoms with E-state index >= 15 is 0 Å². The summed E-state index contributed by atoms with van der Waals surface area (Å²) in [6.07, 6.45) is 5.28. The average molecular weight is 474 g/mol. The summed E-state index contributed by atoms with van der Waals surface area (Å²) in [6, 6.07) is 12.8. The maximum absolute atomic E-state index is 13.3. The second-order valence-corrected chi connectivity index (χ2v) is 8.95. The van der Waals surface area contributed by atoms with Crippen LogP contribution >= 0.6 is 0 Å². The molecule has 1 saturated carbocycles. The Labute approximate surface area is 203 Å². The van der Waals surface area contributed by atoms with Crippen molar-refractivity contribution in [3.63, 3.8) is 0 Å². The molecule has 2 aromatic carbocycles. The molecule has 180 valence electrons. The van der Waals surface area contributed by atoms with Crippen LogP contribution in [0.5, 0.6) is 0 Å². The molecule has 0 radical (unpaired) electrons. The van der Waals surface area contributed by atoms with E-state index in [0.29, 0.717) is 42.8 Å². The number of carbonyl (C=O) groups is 3. The fourth-order valence-electron chi connectivity index (χ4n) is 4.93. The van der Waals surface area contributed by atoms with E-state index in [1.165, 1.54) is 11.6 Å². The SMILES string of the molecule is COCCNC(=O)c1ccc2c(c1)[C@]1(CC2)C[C@H]1C(=O)Nc1cc(C#N)ccc1CC=CC(=O)O. The highest BCUT2D eigenvalue weighted by Gasteiger charge is 2.61. The van der Waals surface area contributed by atoms with Crippen LogP contribution in [0.25, 0.3) is 0 Å². The molecular formula is C27H27N3O5. The van der Waals surface area contributed by atoms with Gasteiger partial charge in [-0.05, 0) is 66.6 Å². The molecule has 2 aliphatic carbocycles. The minimum Gasteiger partial charge on any atom is -0.478 e. The molecule has 3 N–H and O–H groups in total. The first kappa shape index (κ1) is 24.2. The number of allylic oxidation sites excluding steroid dienone is 1. The number of nitrogens with one attached hydrogen (secondary N) is 2. The number of aryl methyl sites for hydroxylation is 1. The number of benzene rings is 2. The molecule has 0 unspecified atom stereocenters. The molecule has 2 amide bonds. The number of nitrogens with zero attached hydrogens (tertiary/aromatic N) is 1. The van der Waals surface area contributed by atoms with E-state index in [1.807, 2.05) is 18.2 Å². The third-order valence-electron chi connectivity index (χ3n) is 6.83. The number of carboxylic acids is 1. The second-order valence-electron chi connectivity index (χ2n) is 8.95. The molecule has 0 heterocycles. The van der Waals surface area contributed by atoms with Crippen molar-refractivity contribution in [2.45, 2.75) is 31.1 Å². The fourth-order valence-corrected chi connectivity index (χ4v) is 4.93. The third-order valence-corrected chi connectivity index (χ3v) is 6.83. The standard InChI is InChI=1S/C27H27N3O5/c1-35-12-11-29-25(33)20-8-7-18-9-10-27(21(18)14-20)15-22(27)26(34)30-23-13-17(16-28)5-6-19(23)3-2-4-24(31)32/h2,4-8,13-14,22H,3,9-12,15H2,1H3,(H,29,33)(H,30,34)(H,31,32)/t22-,27-/m0/s1. The van der Waals surface area contributed by atoms with Gasteiger partial charge in [0.25, 0.3) is 5.91 Å². The Morgan fingerprint density at radius 3 is 2.83 bits per heavy atom.